The van der Waals surface area contributed by atoms with E-state index in [1.807, 2.05) is 37.3 Å². The van der Waals surface area contributed by atoms with Crippen LogP contribution in [-0.2, 0) is 23.8 Å². The monoisotopic (exact) mass is 544 g/mol. The van der Waals surface area contributed by atoms with Crippen molar-refractivity contribution in [1.82, 2.24) is 10.3 Å². The van der Waals surface area contributed by atoms with Gasteiger partial charge in [0, 0.05) is 25.8 Å². The molecule has 1 saturated heterocycles. The van der Waals surface area contributed by atoms with E-state index in [-0.39, 0.29) is 23.3 Å². The zero-order chi connectivity index (χ0) is 28.2. The zero-order valence-electron chi connectivity index (χ0n) is 22.7. The van der Waals surface area contributed by atoms with Gasteiger partial charge in [0.05, 0.1) is 7.11 Å². The second-order valence-electron chi connectivity index (χ2n) is 8.99. The average molecular weight is 545 g/mol. The number of nitrogens with zero attached hydrogens (tertiary/aromatic N) is 1. The Morgan fingerprint density at radius 2 is 1.92 bits per heavy atom. The molecular weight excluding hydrogens is 508 g/mol. The van der Waals surface area contributed by atoms with Crippen molar-refractivity contribution in [2.75, 3.05) is 20.5 Å². The number of ether oxygens (including phenoxy) is 6. The van der Waals surface area contributed by atoms with Gasteiger partial charge in [0.15, 0.2) is 17.2 Å². The number of hydrogen-bond donors (Lipinski definition) is 1. The Labute approximate surface area is 228 Å². The Bertz CT molecular complexity index is 1100. The van der Waals surface area contributed by atoms with E-state index in [4.69, 9.17) is 28.4 Å². The Hall–Kier alpha value is -3.86. The van der Waals surface area contributed by atoms with Crippen LogP contribution in [-0.4, -0.2) is 67.7 Å². The van der Waals surface area contributed by atoms with Crippen LogP contribution in [0.1, 0.15) is 56.9 Å². The number of carbonyl (C=O) groups excluding carboxylic acids is 3. The lowest BCUT2D eigenvalue weighted by Crippen LogP contribution is -2.46. The van der Waals surface area contributed by atoms with E-state index < -0.39 is 42.9 Å². The Kier molecular flexibility index (Phi) is 11.4. The molecule has 0 saturated carbocycles. The second-order valence-corrected chi connectivity index (χ2v) is 8.99. The molecule has 1 aromatic heterocycles. The minimum atomic E-state index is -0.948. The predicted molar refractivity (Wildman–Crippen MR) is 140 cm³/mol. The molecule has 0 unspecified atom stereocenters. The molecule has 4 atom stereocenters. The molecular formula is C28H36N2O9. The highest BCUT2D eigenvalue weighted by Gasteiger charge is 2.36. The first-order chi connectivity index (χ1) is 18.8. The van der Waals surface area contributed by atoms with E-state index >= 15 is 0 Å². The molecule has 0 radical (unpaired) electrons. The van der Waals surface area contributed by atoms with Gasteiger partial charge in [0.1, 0.15) is 30.1 Å². The molecule has 3 rings (SSSR count). The Morgan fingerprint density at radius 3 is 2.62 bits per heavy atom. The lowest BCUT2D eigenvalue weighted by Gasteiger charge is -2.31. The maximum Gasteiger partial charge on any atom is 0.329 e. The first kappa shape index (κ1) is 29.7. The minimum absolute atomic E-state index is 0.0205. The molecule has 11 heteroatoms. The summed E-state index contributed by atoms with van der Waals surface area (Å²) in [6.45, 7) is 5.03. The van der Waals surface area contributed by atoms with Crippen LogP contribution < -0.4 is 19.5 Å². The lowest BCUT2D eigenvalue weighted by atomic mass is 10.0. The van der Waals surface area contributed by atoms with Crippen LogP contribution in [0.25, 0.3) is 0 Å². The van der Waals surface area contributed by atoms with Crippen molar-refractivity contribution in [3.05, 3.63) is 48.3 Å². The average Bonchev–Trinajstić information content (AvgIpc) is 2.96. The van der Waals surface area contributed by atoms with Crippen LogP contribution in [0, 0.1) is 0 Å². The third-order valence-electron chi connectivity index (χ3n) is 6.02. The summed E-state index contributed by atoms with van der Waals surface area (Å²) >= 11 is 0. The highest BCUT2D eigenvalue weighted by molar-refractivity contribution is 5.98. The van der Waals surface area contributed by atoms with E-state index in [9.17, 15) is 14.4 Å². The van der Waals surface area contributed by atoms with E-state index in [0.29, 0.717) is 31.6 Å². The number of pyridine rings is 1. The molecule has 1 amide bonds. The predicted octanol–water partition coefficient (Wildman–Crippen LogP) is 3.45. The van der Waals surface area contributed by atoms with Crippen LogP contribution >= 0.6 is 0 Å². The Morgan fingerprint density at radius 1 is 1.15 bits per heavy atom. The van der Waals surface area contributed by atoms with Crippen molar-refractivity contribution in [3.63, 3.8) is 0 Å². The summed E-state index contributed by atoms with van der Waals surface area (Å²) in [5, 5.41) is 2.71. The molecule has 1 aliphatic heterocycles. The summed E-state index contributed by atoms with van der Waals surface area (Å²) in [7, 11) is 1.40. The van der Waals surface area contributed by atoms with Gasteiger partial charge < -0.3 is 33.7 Å². The summed E-state index contributed by atoms with van der Waals surface area (Å²) in [6, 6.07) is 9.96. The number of hydrogen-bond acceptors (Lipinski definition) is 10. The number of para-hydroxylation sites is 1. The first-order valence-electron chi connectivity index (χ1n) is 13.0. The number of aromatic nitrogens is 1. The van der Waals surface area contributed by atoms with Gasteiger partial charge in [0.2, 0.25) is 6.79 Å². The van der Waals surface area contributed by atoms with E-state index in [0.717, 1.165) is 6.42 Å². The zero-order valence-corrected chi connectivity index (χ0v) is 22.7. The summed E-state index contributed by atoms with van der Waals surface area (Å²) < 4.78 is 33.7. The quantitative estimate of drug-likeness (QED) is 0.331. The fourth-order valence-corrected chi connectivity index (χ4v) is 4.16. The summed E-state index contributed by atoms with van der Waals surface area (Å²) in [6.07, 6.45) is 2.11. The first-order valence-corrected chi connectivity index (χ1v) is 13.0. The number of esters is 2. The molecule has 0 spiro atoms. The number of nitrogens with one attached hydrogen (secondary N) is 1. The van der Waals surface area contributed by atoms with Crippen LogP contribution in [0.4, 0.5) is 0 Å². The second kappa shape index (κ2) is 14.9. The van der Waals surface area contributed by atoms with Crippen molar-refractivity contribution in [2.45, 2.75) is 70.8 Å². The van der Waals surface area contributed by atoms with Crippen LogP contribution in [0.5, 0.6) is 17.2 Å². The molecule has 0 aliphatic carbocycles. The minimum Gasteiger partial charge on any atom is -0.493 e. The van der Waals surface area contributed by atoms with Crippen molar-refractivity contribution in [3.8, 4) is 17.2 Å². The van der Waals surface area contributed by atoms with E-state index in [2.05, 4.69) is 10.3 Å². The summed E-state index contributed by atoms with van der Waals surface area (Å²) in [5.74, 6) is -0.927. The van der Waals surface area contributed by atoms with Gasteiger partial charge in [-0.1, -0.05) is 25.1 Å². The standard InChI is InChI=1S/C28H36N2O9/c1-5-16-35-25-18(2)38-28(33)21(12-9-13-23(25)39-20-10-7-6-8-11-20)30-27(32)24-26(37-17-36-19(3)31)22(34-4)14-15-29-24/h6-8,10-11,14-15,18,21,23,25H,5,9,12-13,16-17H2,1-4H3,(H,30,32)/t18-,21-,23-,25-/m0/s1. The van der Waals surface area contributed by atoms with Gasteiger partial charge in [-0.3, -0.25) is 9.59 Å². The third-order valence-corrected chi connectivity index (χ3v) is 6.02. The smallest absolute Gasteiger partial charge is 0.329 e. The Balaban J connectivity index is 1.77. The van der Waals surface area contributed by atoms with Gasteiger partial charge >= 0.3 is 11.9 Å². The summed E-state index contributed by atoms with van der Waals surface area (Å²) in [4.78, 5) is 41.7. The largest absolute Gasteiger partial charge is 0.493 e. The molecule has 212 valence electrons. The fraction of sp³-hybridized carbons (Fsp3) is 0.500. The number of cyclic esters (lactones) is 1. The SMILES string of the molecule is CCCO[C@H]1[C@H](C)OC(=O)[C@@H](NC(=O)c2nccc(OC)c2OCOC(C)=O)CCC[C@@H]1Oc1ccccc1. The van der Waals surface area contributed by atoms with Crippen LogP contribution in [0.3, 0.4) is 0 Å². The maximum absolute atomic E-state index is 13.2. The van der Waals surface area contributed by atoms with Gasteiger partial charge in [-0.05, 0) is 44.7 Å². The molecule has 1 fully saturated rings. The molecule has 39 heavy (non-hydrogen) atoms. The van der Waals surface area contributed by atoms with Crippen molar-refractivity contribution >= 4 is 17.8 Å². The number of benzene rings is 1. The van der Waals surface area contributed by atoms with Gasteiger partial charge in [-0.15, -0.1) is 0 Å². The molecule has 1 aliphatic rings. The molecule has 1 aromatic carbocycles. The highest BCUT2D eigenvalue weighted by Crippen LogP contribution is 2.30. The van der Waals surface area contributed by atoms with Crippen LogP contribution in [0.15, 0.2) is 42.6 Å². The normalized spacial score (nSPS) is 21.4. The lowest BCUT2D eigenvalue weighted by molar-refractivity contribution is -0.163. The maximum atomic E-state index is 13.2. The van der Waals surface area contributed by atoms with E-state index in [1.54, 1.807) is 6.92 Å². The molecule has 1 N–H and O–H groups in total. The van der Waals surface area contributed by atoms with E-state index in [1.165, 1.54) is 26.3 Å². The number of carbonyl (C=O) groups is 3. The molecule has 11 nitrogen and oxygen atoms in total. The number of methoxy groups -OCH3 is 1. The summed E-state index contributed by atoms with van der Waals surface area (Å²) in [5.41, 5.74) is -0.128. The van der Waals surface area contributed by atoms with Crippen LogP contribution in [0.2, 0.25) is 0 Å². The van der Waals surface area contributed by atoms with Gasteiger partial charge in [-0.2, -0.15) is 0 Å². The third kappa shape index (κ3) is 8.57. The molecule has 2 heterocycles. The van der Waals surface area contributed by atoms with Crippen molar-refractivity contribution < 1.29 is 42.8 Å². The van der Waals surface area contributed by atoms with Gasteiger partial charge in [-0.25, -0.2) is 9.78 Å². The van der Waals surface area contributed by atoms with Crippen molar-refractivity contribution in [2.24, 2.45) is 0 Å². The van der Waals surface area contributed by atoms with Gasteiger partial charge in [0.25, 0.3) is 5.91 Å². The fourth-order valence-electron chi connectivity index (χ4n) is 4.16. The number of rotatable bonds is 11. The topological polar surface area (TPSA) is 132 Å². The molecule has 0 bridgehead atoms. The number of amides is 1. The molecule has 2 aromatic rings. The van der Waals surface area contributed by atoms with Crippen molar-refractivity contribution in [1.29, 1.82) is 0 Å². The highest BCUT2D eigenvalue weighted by atomic mass is 16.7.